The number of nitrogens with zero attached hydrogens (tertiary/aromatic N) is 2. The third-order valence-electron chi connectivity index (χ3n) is 14.3. The molecule has 0 fully saturated rings. The second-order valence-electron chi connectivity index (χ2n) is 17.8. The summed E-state index contributed by atoms with van der Waals surface area (Å²) in [6.07, 6.45) is 6.50. The van der Waals surface area contributed by atoms with Crippen LogP contribution in [-0.4, -0.2) is 0 Å². The fraction of sp³-hybridized carbons (Fsp3) is 0.0476. The molecule has 0 saturated carbocycles. The maximum absolute atomic E-state index is 7.28. The molecule has 67 heavy (non-hydrogen) atoms. The Labute approximate surface area is 393 Å². The van der Waals surface area contributed by atoms with Crippen LogP contribution in [0, 0.1) is 0 Å². The van der Waals surface area contributed by atoms with Crippen LogP contribution < -0.4 is 9.80 Å². The maximum atomic E-state index is 7.28. The molecule has 0 atom stereocenters. The summed E-state index contributed by atoms with van der Waals surface area (Å²) in [5, 5.41) is 4.56. The van der Waals surface area contributed by atoms with Gasteiger partial charge in [0.15, 0.2) is 0 Å². The molecule has 0 N–H and O–H groups in total. The Morgan fingerprint density at radius 1 is 0.448 bits per heavy atom. The molecule has 0 bridgehead atoms. The lowest BCUT2D eigenvalue weighted by molar-refractivity contribution is 0.667. The molecule has 0 saturated heterocycles. The number of anilines is 6. The second-order valence-corrected chi connectivity index (χ2v) is 18.8. The van der Waals surface area contributed by atoms with Gasteiger partial charge in [-0.25, -0.2) is 0 Å². The molecule has 2 heterocycles. The number of allylic oxidation sites excluding steroid dienone is 1. The lowest BCUT2D eigenvalue weighted by Gasteiger charge is -2.41. The Morgan fingerprint density at radius 2 is 1.01 bits per heavy atom. The SMILES string of the molecule is C1=Cc2c(c(N(c3ccccc3)c3ccccc3)cc3c2oc2cc(N(c4ccccc4)c4cccc5c4Sc4ccccc4C54c5ccccc5-c5ccccc54)c4ccccc4c23)CC1. The van der Waals surface area contributed by atoms with Gasteiger partial charge in [-0.1, -0.05) is 182 Å². The van der Waals surface area contributed by atoms with E-state index in [0.29, 0.717) is 0 Å². The lowest BCUT2D eigenvalue weighted by atomic mass is 9.67. The van der Waals surface area contributed by atoms with E-state index in [2.05, 4.69) is 240 Å². The van der Waals surface area contributed by atoms with Gasteiger partial charge < -0.3 is 14.2 Å². The van der Waals surface area contributed by atoms with E-state index in [1.165, 1.54) is 54.4 Å². The molecule has 1 aromatic heterocycles. The van der Waals surface area contributed by atoms with Crippen LogP contribution in [0.5, 0.6) is 0 Å². The molecule has 4 heteroatoms. The largest absolute Gasteiger partial charge is 0.455 e. The number of hydrogen-bond donors (Lipinski definition) is 0. The van der Waals surface area contributed by atoms with Gasteiger partial charge in [0.05, 0.1) is 22.5 Å². The van der Waals surface area contributed by atoms with Crippen LogP contribution in [0.2, 0.25) is 0 Å². The molecule has 3 aliphatic rings. The summed E-state index contributed by atoms with van der Waals surface area (Å²) in [6.45, 7) is 0. The minimum Gasteiger partial charge on any atom is -0.455 e. The standard InChI is InChI=1S/C63H42N2OS/c1-4-21-41(22-5-1)64(42-23-6-2-7-24-42)56-39-50-60-48-31-12-10-29-46(48)57(40-58(60)66-61(50)49-32-13-11-30-47(49)56)65(43-25-8-3-9-26-43)55-37-20-36-54-62(55)67-59-38-19-18-35-53(59)63(54)51-33-16-14-27-44(51)45-28-15-17-34-52(45)63/h1-10,12-29,31-40H,11,30H2. The normalized spacial score (nSPS) is 13.9. The molecular formula is C63H42N2OS. The van der Waals surface area contributed by atoms with Crippen LogP contribution in [0.1, 0.15) is 39.8 Å². The molecule has 1 spiro atoms. The topological polar surface area (TPSA) is 19.6 Å². The fourth-order valence-electron chi connectivity index (χ4n) is 11.7. The van der Waals surface area contributed by atoms with Crippen molar-refractivity contribution in [2.24, 2.45) is 0 Å². The smallest absolute Gasteiger partial charge is 0.143 e. The van der Waals surface area contributed by atoms with Crippen LogP contribution in [-0.2, 0) is 11.8 Å². The Bertz CT molecular complexity index is 3710. The van der Waals surface area contributed by atoms with E-state index < -0.39 is 5.41 Å². The average Bonchev–Trinajstić information content (AvgIpc) is 3.92. The first-order chi connectivity index (χ1) is 33.3. The molecule has 1 aliphatic heterocycles. The average molecular weight is 875 g/mol. The van der Waals surface area contributed by atoms with Crippen molar-refractivity contribution >= 4 is 84.7 Å². The van der Waals surface area contributed by atoms with E-state index in [1.54, 1.807) is 0 Å². The second kappa shape index (κ2) is 15.0. The van der Waals surface area contributed by atoms with Crippen molar-refractivity contribution in [1.29, 1.82) is 0 Å². The van der Waals surface area contributed by atoms with E-state index in [0.717, 1.165) is 79.6 Å². The number of fused-ring (bicyclic) bond motifs is 16. The van der Waals surface area contributed by atoms with E-state index in [-0.39, 0.29) is 0 Å². The highest BCUT2D eigenvalue weighted by molar-refractivity contribution is 7.99. The highest BCUT2D eigenvalue weighted by Gasteiger charge is 2.50. The van der Waals surface area contributed by atoms with E-state index in [9.17, 15) is 0 Å². The molecule has 14 rings (SSSR count). The first kappa shape index (κ1) is 38.2. The van der Waals surface area contributed by atoms with Crippen LogP contribution in [0.15, 0.2) is 239 Å². The van der Waals surface area contributed by atoms with Crippen molar-refractivity contribution in [1.82, 2.24) is 0 Å². The van der Waals surface area contributed by atoms with Gasteiger partial charge in [-0.3, -0.25) is 0 Å². The van der Waals surface area contributed by atoms with Crippen molar-refractivity contribution in [2.45, 2.75) is 28.0 Å². The van der Waals surface area contributed by atoms with Gasteiger partial charge in [-0.2, -0.15) is 0 Å². The molecule has 3 nitrogen and oxygen atoms in total. The van der Waals surface area contributed by atoms with Crippen LogP contribution >= 0.6 is 11.8 Å². The molecule has 11 aromatic rings. The number of benzene rings is 10. The zero-order chi connectivity index (χ0) is 44.1. The molecule has 316 valence electrons. The Hall–Kier alpha value is -8.05. The fourth-order valence-corrected chi connectivity index (χ4v) is 13.0. The number of furan rings is 1. The van der Waals surface area contributed by atoms with Gasteiger partial charge in [0.25, 0.3) is 0 Å². The molecule has 2 aliphatic carbocycles. The van der Waals surface area contributed by atoms with Gasteiger partial charge in [-0.05, 0) is 112 Å². The molecule has 0 radical (unpaired) electrons. The van der Waals surface area contributed by atoms with E-state index in [1.807, 2.05) is 11.8 Å². The number of hydrogen-bond acceptors (Lipinski definition) is 4. The van der Waals surface area contributed by atoms with Crippen LogP contribution in [0.3, 0.4) is 0 Å². The van der Waals surface area contributed by atoms with Crippen molar-refractivity contribution in [3.8, 4) is 11.1 Å². The summed E-state index contributed by atoms with van der Waals surface area (Å²) < 4.78 is 7.28. The van der Waals surface area contributed by atoms with Crippen LogP contribution in [0.4, 0.5) is 34.1 Å². The minimum absolute atomic E-state index is 0.495. The third kappa shape index (κ3) is 5.54. The third-order valence-corrected chi connectivity index (χ3v) is 15.5. The zero-order valence-electron chi connectivity index (χ0n) is 36.6. The predicted octanol–water partition coefficient (Wildman–Crippen LogP) is 17.5. The Balaban J connectivity index is 1.05. The quantitative estimate of drug-likeness (QED) is 0.166. The predicted molar refractivity (Wildman–Crippen MR) is 279 cm³/mol. The Kier molecular flexibility index (Phi) is 8.56. The molecule has 10 aromatic carbocycles. The van der Waals surface area contributed by atoms with Gasteiger partial charge >= 0.3 is 0 Å². The highest BCUT2D eigenvalue weighted by Crippen LogP contribution is 2.64. The lowest BCUT2D eigenvalue weighted by Crippen LogP contribution is -2.32. The zero-order valence-corrected chi connectivity index (χ0v) is 37.4. The summed E-state index contributed by atoms with van der Waals surface area (Å²) in [5.74, 6) is 0. The summed E-state index contributed by atoms with van der Waals surface area (Å²) in [5.41, 5.74) is 18.4. The van der Waals surface area contributed by atoms with Gasteiger partial charge in [-0.15, -0.1) is 0 Å². The molecule has 0 amide bonds. The van der Waals surface area contributed by atoms with Crippen molar-refractivity contribution < 1.29 is 4.42 Å². The summed E-state index contributed by atoms with van der Waals surface area (Å²) in [6, 6.07) is 80.2. The van der Waals surface area contributed by atoms with Crippen molar-refractivity contribution in [3.05, 3.63) is 258 Å². The summed E-state index contributed by atoms with van der Waals surface area (Å²) in [7, 11) is 0. The number of para-hydroxylation sites is 3. The molecule has 0 unspecified atom stereocenters. The summed E-state index contributed by atoms with van der Waals surface area (Å²) >= 11 is 1.89. The highest BCUT2D eigenvalue weighted by atomic mass is 32.2. The first-order valence-corrected chi connectivity index (χ1v) is 24.0. The maximum Gasteiger partial charge on any atom is 0.143 e. The van der Waals surface area contributed by atoms with Crippen molar-refractivity contribution in [3.63, 3.8) is 0 Å². The Morgan fingerprint density at radius 3 is 1.70 bits per heavy atom. The summed E-state index contributed by atoms with van der Waals surface area (Å²) in [4.78, 5) is 7.43. The van der Waals surface area contributed by atoms with Gasteiger partial charge in [0.1, 0.15) is 11.2 Å². The first-order valence-electron chi connectivity index (χ1n) is 23.2. The monoisotopic (exact) mass is 874 g/mol. The number of rotatable bonds is 6. The molecular weight excluding hydrogens is 833 g/mol. The minimum atomic E-state index is -0.495. The van der Waals surface area contributed by atoms with E-state index in [4.69, 9.17) is 4.42 Å². The van der Waals surface area contributed by atoms with Crippen molar-refractivity contribution in [2.75, 3.05) is 9.80 Å². The van der Waals surface area contributed by atoms with E-state index >= 15 is 0 Å². The van der Waals surface area contributed by atoms with Crippen LogP contribution in [0.25, 0.3) is 49.9 Å². The van der Waals surface area contributed by atoms with Gasteiger partial charge in [0.2, 0.25) is 0 Å². The van der Waals surface area contributed by atoms with Gasteiger partial charge in [0, 0.05) is 54.6 Å².